The fraction of sp³-hybridized carbons (Fsp3) is 0.600. The standard InChI is InChI=1S/C20H31N3O3/c1-16(24)23(14-12-17-8-10-19(26-2)11-9-17)15-13-21-20(25)22-18-6-4-3-5-7-18/h8-11,18H,3-7,12-15H2,1-2H3,(H2,21,22,25). The third-order valence-corrected chi connectivity index (χ3v) is 4.88. The van der Waals surface area contributed by atoms with Gasteiger partial charge in [0.2, 0.25) is 5.91 Å². The molecule has 0 atom stereocenters. The molecule has 0 bridgehead atoms. The first-order valence-electron chi connectivity index (χ1n) is 9.51. The molecule has 1 fully saturated rings. The van der Waals surface area contributed by atoms with Gasteiger partial charge in [0.15, 0.2) is 0 Å². The van der Waals surface area contributed by atoms with Gasteiger partial charge in [-0.2, -0.15) is 0 Å². The predicted molar refractivity (Wildman–Crippen MR) is 102 cm³/mol. The second kappa shape index (κ2) is 10.7. The number of amides is 3. The van der Waals surface area contributed by atoms with Crippen molar-refractivity contribution in [3.05, 3.63) is 29.8 Å². The number of nitrogens with zero attached hydrogens (tertiary/aromatic N) is 1. The summed E-state index contributed by atoms with van der Waals surface area (Å²) in [6, 6.07) is 8.02. The van der Waals surface area contributed by atoms with E-state index in [1.165, 1.54) is 19.3 Å². The highest BCUT2D eigenvalue weighted by Crippen LogP contribution is 2.17. The van der Waals surface area contributed by atoms with Gasteiger partial charge in [0.25, 0.3) is 0 Å². The van der Waals surface area contributed by atoms with Crippen LogP contribution in [0.2, 0.25) is 0 Å². The van der Waals surface area contributed by atoms with E-state index in [2.05, 4.69) is 10.6 Å². The molecule has 0 spiro atoms. The molecule has 0 aliphatic heterocycles. The highest BCUT2D eigenvalue weighted by atomic mass is 16.5. The minimum atomic E-state index is -0.129. The Morgan fingerprint density at radius 2 is 1.81 bits per heavy atom. The molecule has 2 rings (SSSR count). The van der Waals surface area contributed by atoms with Gasteiger partial charge in [-0.05, 0) is 37.0 Å². The second-order valence-corrected chi connectivity index (χ2v) is 6.84. The van der Waals surface area contributed by atoms with E-state index in [9.17, 15) is 9.59 Å². The van der Waals surface area contributed by atoms with Crippen LogP contribution in [0.25, 0.3) is 0 Å². The zero-order valence-corrected chi connectivity index (χ0v) is 15.9. The first-order chi connectivity index (χ1) is 12.6. The smallest absolute Gasteiger partial charge is 0.315 e. The Labute approximate surface area is 156 Å². The number of methoxy groups -OCH3 is 1. The van der Waals surface area contributed by atoms with Crippen LogP contribution in [0.4, 0.5) is 4.79 Å². The summed E-state index contributed by atoms with van der Waals surface area (Å²) in [7, 11) is 1.64. The lowest BCUT2D eigenvalue weighted by atomic mass is 9.96. The molecule has 1 aliphatic carbocycles. The molecule has 144 valence electrons. The van der Waals surface area contributed by atoms with Crippen LogP contribution in [-0.4, -0.2) is 49.6 Å². The highest BCUT2D eigenvalue weighted by Gasteiger charge is 2.15. The molecule has 26 heavy (non-hydrogen) atoms. The second-order valence-electron chi connectivity index (χ2n) is 6.84. The number of benzene rings is 1. The summed E-state index contributed by atoms with van der Waals surface area (Å²) < 4.78 is 5.15. The lowest BCUT2D eigenvalue weighted by Gasteiger charge is -2.24. The van der Waals surface area contributed by atoms with Crippen LogP contribution < -0.4 is 15.4 Å². The maximum absolute atomic E-state index is 12.0. The SMILES string of the molecule is COc1ccc(CCN(CCNC(=O)NC2CCCCC2)C(C)=O)cc1. The molecule has 1 saturated carbocycles. The van der Waals surface area contributed by atoms with Gasteiger partial charge in [-0.15, -0.1) is 0 Å². The molecule has 3 amide bonds. The van der Waals surface area contributed by atoms with Gasteiger partial charge in [0.05, 0.1) is 7.11 Å². The minimum Gasteiger partial charge on any atom is -0.497 e. The van der Waals surface area contributed by atoms with Gasteiger partial charge in [-0.3, -0.25) is 4.79 Å². The Morgan fingerprint density at radius 1 is 1.12 bits per heavy atom. The summed E-state index contributed by atoms with van der Waals surface area (Å²) in [4.78, 5) is 25.6. The van der Waals surface area contributed by atoms with E-state index in [0.717, 1.165) is 30.6 Å². The largest absolute Gasteiger partial charge is 0.497 e. The Bertz CT molecular complexity index is 568. The van der Waals surface area contributed by atoms with E-state index in [0.29, 0.717) is 25.7 Å². The van der Waals surface area contributed by atoms with Crippen molar-refractivity contribution in [1.29, 1.82) is 0 Å². The van der Waals surface area contributed by atoms with E-state index in [-0.39, 0.29) is 11.9 Å². The predicted octanol–water partition coefficient (Wildman–Crippen LogP) is 2.72. The van der Waals surface area contributed by atoms with Crippen LogP contribution in [0.1, 0.15) is 44.6 Å². The molecule has 0 aromatic heterocycles. The van der Waals surface area contributed by atoms with E-state index in [1.807, 2.05) is 24.3 Å². The summed E-state index contributed by atoms with van der Waals surface area (Å²) in [6.45, 7) is 3.17. The van der Waals surface area contributed by atoms with E-state index in [4.69, 9.17) is 4.74 Å². The summed E-state index contributed by atoms with van der Waals surface area (Å²) in [5.41, 5.74) is 1.15. The van der Waals surface area contributed by atoms with Crippen molar-refractivity contribution >= 4 is 11.9 Å². The number of hydrogen-bond acceptors (Lipinski definition) is 3. The topological polar surface area (TPSA) is 70.7 Å². The molecular formula is C20H31N3O3. The highest BCUT2D eigenvalue weighted by molar-refractivity contribution is 5.75. The van der Waals surface area contributed by atoms with Crippen LogP contribution in [0.15, 0.2) is 24.3 Å². The van der Waals surface area contributed by atoms with Crippen molar-refractivity contribution in [2.75, 3.05) is 26.7 Å². The fourth-order valence-electron chi connectivity index (χ4n) is 3.27. The van der Waals surface area contributed by atoms with Gasteiger partial charge < -0.3 is 20.3 Å². The van der Waals surface area contributed by atoms with Crippen molar-refractivity contribution in [2.45, 2.75) is 51.5 Å². The van der Waals surface area contributed by atoms with Crippen molar-refractivity contribution in [2.24, 2.45) is 0 Å². The summed E-state index contributed by atoms with van der Waals surface area (Å²) in [6.07, 6.45) is 6.55. The van der Waals surface area contributed by atoms with Crippen molar-refractivity contribution in [3.8, 4) is 5.75 Å². The fourth-order valence-corrected chi connectivity index (χ4v) is 3.27. The third-order valence-electron chi connectivity index (χ3n) is 4.88. The zero-order chi connectivity index (χ0) is 18.8. The van der Waals surface area contributed by atoms with E-state index >= 15 is 0 Å². The zero-order valence-electron chi connectivity index (χ0n) is 15.9. The Kier molecular flexibility index (Phi) is 8.25. The van der Waals surface area contributed by atoms with Crippen LogP contribution >= 0.6 is 0 Å². The number of carbonyl (C=O) groups is 2. The molecule has 6 heteroatoms. The average molecular weight is 361 g/mol. The number of nitrogens with one attached hydrogen (secondary N) is 2. The van der Waals surface area contributed by atoms with Gasteiger partial charge in [0, 0.05) is 32.6 Å². The van der Waals surface area contributed by atoms with Crippen molar-refractivity contribution < 1.29 is 14.3 Å². The van der Waals surface area contributed by atoms with Gasteiger partial charge in [-0.1, -0.05) is 31.4 Å². The molecule has 6 nitrogen and oxygen atoms in total. The molecule has 0 radical (unpaired) electrons. The maximum atomic E-state index is 12.0. The molecular weight excluding hydrogens is 330 g/mol. The van der Waals surface area contributed by atoms with Crippen LogP contribution in [0, 0.1) is 0 Å². The monoisotopic (exact) mass is 361 g/mol. The van der Waals surface area contributed by atoms with Gasteiger partial charge in [-0.25, -0.2) is 4.79 Å². The van der Waals surface area contributed by atoms with E-state index in [1.54, 1.807) is 18.9 Å². The van der Waals surface area contributed by atoms with Crippen molar-refractivity contribution in [3.63, 3.8) is 0 Å². The normalized spacial score (nSPS) is 14.5. The Hall–Kier alpha value is -2.24. The van der Waals surface area contributed by atoms with Crippen LogP contribution in [0.3, 0.4) is 0 Å². The van der Waals surface area contributed by atoms with Crippen molar-refractivity contribution in [1.82, 2.24) is 15.5 Å². The molecule has 2 N–H and O–H groups in total. The summed E-state index contributed by atoms with van der Waals surface area (Å²) >= 11 is 0. The minimum absolute atomic E-state index is 0.0213. The lowest BCUT2D eigenvalue weighted by molar-refractivity contribution is -0.128. The Balaban J connectivity index is 1.69. The molecule has 1 aromatic carbocycles. The maximum Gasteiger partial charge on any atom is 0.315 e. The molecule has 1 aromatic rings. The van der Waals surface area contributed by atoms with Crippen LogP contribution in [-0.2, 0) is 11.2 Å². The quantitative estimate of drug-likeness (QED) is 0.748. The van der Waals surface area contributed by atoms with Gasteiger partial charge >= 0.3 is 6.03 Å². The van der Waals surface area contributed by atoms with Crippen LogP contribution in [0.5, 0.6) is 5.75 Å². The third kappa shape index (κ3) is 6.94. The number of hydrogen-bond donors (Lipinski definition) is 2. The average Bonchev–Trinajstić information content (AvgIpc) is 2.65. The molecule has 0 unspecified atom stereocenters. The first kappa shape index (κ1) is 20.1. The first-order valence-corrected chi connectivity index (χ1v) is 9.51. The summed E-state index contributed by atoms with van der Waals surface area (Å²) in [5, 5.41) is 5.89. The van der Waals surface area contributed by atoms with Gasteiger partial charge in [0.1, 0.15) is 5.75 Å². The van der Waals surface area contributed by atoms with E-state index < -0.39 is 0 Å². The lowest BCUT2D eigenvalue weighted by Crippen LogP contribution is -2.45. The summed E-state index contributed by atoms with van der Waals surface area (Å²) in [5.74, 6) is 0.846. The number of urea groups is 1. The molecule has 1 aliphatic rings. The molecule has 0 heterocycles. The number of carbonyl (C=O) groups excluding carboxylic acids is 2. The number of ether oxygens (including phenoxy) is 1. The molecule has 0 saturated heterocycles. The number of rotatable bonds is 8. The Morgan fingerprint density at radius 3 is 2.42 bits per heavy atom.